The van der Waals surface area contributed by atoms with Crippen LogP contribution in [-0.4, -0.2) is 39.8 Å². The van der Waals surface area contributed by atoms with Gasteiger partial charge in [-0.25, -0.2) is 18.3 Å². The molecule has 22 heavy (non-hydrogen) atoms. The van der Waals surface area contributed by atoms with Gasteiger partial charge in [0.05, 0.1) is 5.69 Å². The van der Waals surface area contributed by atoms with Crippen LogP contribution in [0.25, 0.3) is 5.69 Å². The SMILES string of the molecule is COCCCCc1c(C(=O)O)nnn1-c1c(F)cccc1F. The Morgan fingerprint density at radius 3 is 2.59 bits per heavy atom. The lowest BCUT2D eigenvalue weighted by Crippen LogP contribution is -2.10. The average molecular weight is 311 g/mol. The van der Waals surface area contributed by atoms with Crippen molar-refractivity contribution in [3.63, 3.8) is 0 Å². The van der Waals surface area contributed by atoms with Gasteiger partial charge in [-0.05, 0) is 31.4 Å². The highest BCUT2D eigenvalue weighted by Crippen LogP contribution is 2.21. The fourth-order valence-corrected chi connectivity index (χ4v) is 2.10. The maximum atomic E-state index is 13.9. The van der Waals surface area contributed by atoms with Gasteiger partial charge in [-0.15, -0.1) is 5.10 Å². The lowest BCUT2D eigenvalue weighted by atomic mass is 10.1. The second-order valence-corrected chi connectivity index (χ2v) is 4.62. The van der Waals surface area contributed by atoms with Crippen LogP contribution in [0.3, 0.4) is 0 Å². The van der Waals surface area contributed by atoms with E-state index in [1.165, 1.54) is 6.07 Å². The molecule has 0 radical (unpaired) electrons. The topological polar surface area (TPSA) is 77.2 Å². The van der Waals surface area contributed by atoms with E-state index in [0.29, 0.717) is 19.4 Å². The zero-order chi connectivity index (χ0) is 16.1. The quantitative estimate of drug-likeness (QED) is 0.793. The summed E-state index contributed by atoms with van der Waals surface area (Å²) >= 11 is 0. The number of hydrogen-bond acceptors (Lipinski definition) is 4. The second kappa shape index (κ2) is 7.08. The number of benzene rings is 1. The highest BCUT2D eigenvalue weighted by Gasteiger charge is 2.23. The Morgan fingerprint density at radius 1 is 1.32 bits per heavy atom. The van der Waals surface area contributed by atoms with Crippen LogP contribution < -0.4 is 0 Å². The first-order valence-electron chi connectivity index (χ1n) is 6.67. The highest BCUT2D eigenvalue weighted by molar-refractivity contribution is 5.86. The van der Waals surface area contributed by atoms with Crippen LogP contribution in [0.4, 0.5) is 8.78 Å². The summed E-state index contributed by atoms with van der Waals surface area (Å²) in [5, 5.41) is 16.3. The fourth-order valence-electron chi connectivity index (χ4n) is 2.10. The van der Waals surface area contributed by atoms with Gasteiger partial charge in [0.1, 0.15) is 5.69 Å². The van der Waals surface area contributed by atoms with Crippen molar-refractivity contribution in [2.45, 2.75) is 19.3 Å². The lowest BCUT2D eigenvalue weighted by molar-refractivity contribution is 0.0689. The predicted molar refractivity (Wildman–Crippen MR) is 73.0 cm³/mol. The van der Waals surface area contributed by atoms with E-state index < -0.39 is 23.3 Å². The molecule has 0 unspecified atom stereocenters. The van der Waals surface area contributed by atoms with E-state index in [4.69, 9.17) is 9.84 Å². The molecule has 1 heterocycles. The summed E-state index contributed by atoms with van der Waals surface area (Å²) in [5.41, 5.74) is -0.572. The summed E-state index contributed by atoms with van der Waals surface area (Å²) in [5.74, 6) is -2.95. The number of carboxylic acids is 1. The number of aromatic carboxylic acids is 1. The number of halogens is 2. The minimum absolute atomic E-state index is 0.160. The molecule has 118 valence electrons. The third kappa shape index (κ3) is 3.28. The van der Waals surface area contributed by atoms with Crippen LogP contribution in [0.5, 0.6) is 0 Å². The number of carboxylic acid groups (broad SMARTS) is 1. The third-order valence-electron chi connectivity index (χ3n) is 3.13. The first-order chi connectivity index (χ1) is 10.6. The molecule has 6 nitrogen and oxygen atoms in total. The van der Waals surface area contributed by atoms with Crippen molar-refractivity contribution in [3.05, 3.63) is 41.2 Å². The molecule has 1 N–H and O–H groups in total. The number of aromatic nitrogens is 3. The summed E-state index contributed by atoms with van der Waals surface area (Å²) in [7, 11) is 1.56. The number of methoxy groups -OCH3 is 1. The van der Waals surface area contributed by atoms with Crippen molar-refractivity contribution in [1.29, 1.82) is 0 Å². The maximum absolute atomic E-state index is 13.9. The van der Waals surface area contributed by atoms with E-state index >= 15 is 0 Å². The molecule has 0 atom stereocenters. The molecule has 1 aromatic carbocycles. The Labute approximate surface area is 125 Å². The minimum Gasteiger partial charge on any atom is -0.476 e. The van der Waals surface area contributed by atoms with Gasteiger partial charge >= 0.3 is 5.97 Å². The van der Waals surface area contributed by atoms with Crippen molar-refractivity contribution in [2.75, 3.05) is 13.7 Å². The Bertz CT molecular complexity index is 653. The van der Waals surface area contributed by atoms with E-state index in [-0.39, 0.29) is 17.8 Å². The molecule has 0 saturated carbocycles. The number of ether oxygens (including phenoxy) is 1. The van der Waals surface area contributed by atoms with Crippen LogP contribution in [0, 0.1) is 11.6 Å². The summed E-state index contributed by atoms with van der Waals surface area (Å²) in [6.07, 6.45) is 1.53. The monoisotopic (exact) mass is 311 g/mol. The van der Waals surface area contributed by atoms with E-state index in [1.807, 2.05) is 0 Å². The first-order valence-corrected chi connectivity index (χ1v) is 6.67. The Hall–Kier alpha value is -2.35. The summed E-state index contributed by atoms with van der Waals surface area (Å²) in [6.45, 7) is 0.512. The van der Waals surface area contributed by atoms with Crippen molar-refractivity contribution < 1.29 is 23.4 Å². The predicted octanol–water partition coefficient (Wildman–Crippen LogP) is 2.21. The summed E-state index contributed by atoms with van der Waals surface area (Å²) in [6, 6.07) is 3.38. The Morgan fingerprint density at radius 2 is 2.00 bits per heavy atom. The molecule has 8 heteroatoms. The molecule has 0 aliphatic rings. The van der Waals surface area contributed by atoms with Gasteiger partial charge in [-0.3, -0.25) is 0 Å². The van der Waals surface area contributed by atoms with Gasteiger partial charge in [0.15, 0.2) is 17.3 Å². The van der Waals surface area contributed by atoms with Crippen LogP contribution in [0.2, 0.25) is 0 Å². The number of rotatable bonds is 7. The first kappa shape index (κ1) is 16.0. The van der Waals surface area contributed by atoms with Crippen molar-refractivity contribution in [3.8, 4) is 5.69 Å². The van der Waals surface area contributed by atoms with Gasteiger partial charge in [0.25, 0.3) is 0 Å². The number of hydrogen-bond donors (Lipinski definition) is 1. The molecule has 0 amide bonds. The molecule has 0 bridgehead atoms. The van der Waals surface area contributed by atoms with E-state index in [2.05, 4.69) is 10.3 Å². The third-order valence-corrected chi connectivity index (χ3v) is 3.13. The van der Waals surface area contributed by atoms with Gasteiger partial charge < -0.3 is 9.84 Å². The Balaban J connectivity index is 2.41. The number of nitrogens with zero attached hydrogens (tertiary/aromatic N) is 3. The molecule has 0 saturated heterocycles. The van der Waals surface area contributed by atoms with Crippen molar-refractivity contribution >= 4 is 5.97 Å². The second-order valence-electron chi connectivity index (χ2n) is 4.62. The molecule has 2 rings (SSSR count). The molecule has 2 aromatic rings. The van der Waals surface area contributed by atoms with Crippen LogP contribution >= 0.6 is 0 Å². The van der Waals surface area contributed by atoms with Gasteiger partial charge in [-0.2, -0.15) is 0 Å². The van der Waals surface area contributed by atoms with Crippen LogP contribution in [0.1, 0.15) is 29.0 Å². The van der Waals surface area contributed by atoms with Gasteiger partial charge in [0, 0.05) is 13.7 Å². The van der Waals surface area contributed by atoms with Crippen LogP contribution in [0.15, 0.2) is 18.2 Å². The molecule has 1 aromatic heterocycles. The standard InChI is InChI=1S/C14H15F2N3O3/c1-22-8-3-2-7-11-12(14(20)21)17-18-19(11)13-9(15)5-4-6-10(13)16/h4-6H,2-3,7-8H2,1H3,(H,20,21). The number of unbranched alkanes of at least 4 members (excludes halogenated alkanes) is 1. The maximum Gasteiger partial charge on any atom is 0.358 e. The molecule has 0 fully saturated rings. The minimum atomic E-state index is -1.29. The smallest absolute Gasteiger partial charge is 0.358 e. The molecule has 0 aliphatic heterocycles. The molecule has 0 aliphatic carbocycles. The van der Waals surface area contributed by atoms with Crippen molar-refractivity contribution in [1.82, 2.24) is 15.0 Å². The summed E-state index contributed by atoms with van der Waals surface area (Å²) in [4.78, 5) is 11.2. The zero-order valence-corrected chi connectivity index (χ0v) is 11.9. The zero-order valence-electron chi connectivity index (χ0n) is 11.9. The number of para-hydroxylation sites is 1. The van der Waals surface area contributed by atoms with Crippen molar-refractivity contribution in [2.24, 2.45) is 0 Å². The van der Waals surface area contributed by atoms with Gasteiger partial charge in [-0.1, -0.05) is 11.3 Å². The molecular weight excluding hydrogens is 296 g/mol. The molecular formula is C14H15F2N3O3. The van der Waals surface area contributed by atoms with Gasteiger partial charge in [0.2, 0.25) is 0 Å². The van der Waals surface area contributed by atoms with E-state index in [0.717, 1.165) is 16.8 Å². The summed E-state index contributed by atoms with van der Waals surface area (Å²) < 4.78 is 33.6. The van der Waals surface area contributed by atoms with E-state index in [1.54, 1.807) is 7.11 Å². The normalized spacial score (nSPS) is 10.9. The largest absolute Gasteiger partial charge is 0.476 e. The average Bonchev–Trinajstić information content (AvgIpc) is 2.87. The van der Waals surface area contributed by atoms with E-state index in [9.17, 15) is 13.6 Å². The molecule has 0 spiro atoms. The fraction of sp³-hybridized carbons (Fsp3) is 0.357. The number of carbonyl (C=O) groups is 1. The Kier molecular flexibility index (Phi) is 5.16. The van der Waals surface area contributed by atoms with Crippen LogP contribution in [-0.2, 0) is 11.2 Å². The lowest BCUT2D eigenvalue weighted by Gasteiger charge is -2.09. The highest BCUT2D eigenvalue weighted by atomic mass is 19.1.